The fraction of sp³-hybridized carbons (Fsp3) is 0.0909. The van der Waals surface area contributed by atoms with Crippen LogP contribution in [0.25, 0.3) is 0 Å². The maximum Gasteiger partial charge on any atom is 0.264 e. The highest BCUT2D eigenvalue weighted by molar-refractivity contribution is 6.30. The van der Waals surface area contributed by atoms with Gasteiger partial charge in [-0.25, -0.2) is 5.10 Å². The highest BCUT2D eigenvalue weighted by Crippen LogP contribution is 2.16. The maximum atomic E-state index is 11.0. The lowest BCUT2D eigenvalue weighted by Gasteiger charge is -2.05. The number of ether oxygens (including phenoxy) is 1. The molecule has 0 amide bonds. The Morgan fingerprint density at radius 3 is 2.75 bits per heavy atom. The number of halogens is 1. The van der Waals surface area contributed by atoms with E-state index in [1.54, 1.807) is 30.5 Å². The molecular formula is C11H9ClN2O2. The van der Waals surface area contributed by atoms with Crippen molar-refractivity contribution >= 4 is 11.6 Å². The molecule has 16 heavy (non-hydrogen) atoms. The molecule has 0 aliphatic heterocycles. The van der Waals surface area contributed by atoms with Gasteiger partial charge in [0.2, 0.25) is 0 Å². The van der Waals surface area contributed by atoms with Crippen LogP contribution >= 0.6 is 11.6 Å². The summed E-state index contributed by atoms with van der Waals surface area (Å²) in [5.41, 5.74) is 0.482. The Morgan fingerprint density at radius 1 is 1.31 bits per heavy atom. The predicted molar refractivity (Wildman–Crippen MR) is 60.6 cm³/mol. The second-order valence-corrected chi connectivity index (χ2v) is 3.63. The molecule has 82 valence electrons. The van der Waals surface area contributed by atoms with Crippen LogP contribution in [0.5, 0.6) is 5.75 Å². The Bertz CT molecular complexity index is 522. The molecule has 0 saturated carbocycles. The van der Waals surface area contributed by atoms with Gasteiger partial charge in [-0.1, -0.05) is 11.6 Å². The number of rotatable bonds is 3. The molecule has 0 unspecified atom stereocenters. The third-order valence-corrected chi connectivity index (χ3v) is 2.19. The largest absolute Gasteiger partial charge is 0.489 e. The highest BCUT2D eigenvalue weighted by atomic mass is 35.5. The van der Waals surface area contributed by atoms with Crippen LogP contribution in [0.15, 0.2) is 41.3 Å². The van der Waals surface area contributed by atoms with Crippen molar-refractivity contribution < 1.29 is 4.74 Å². The molecule has 1 heterocycles. The number of aromatic nitrogens is 2. The van der Waals surface area contributed by atoms with Crippen LogP contribution in [0.2, 0.25) is 5.02 Å². The number of benzene rings is 1. The van der Waals surface area contributed by atoms with E-state index in [1.807, 2.05) is 0 Å². The molecule has 4 nitrogen and oxygen atoms in total. The molecule has 0 spiro atoms. The molecule has 5 heteroatoms. The van der Waals surface area contributed by atoms with Crippen molar-refractivity contribution in [2.45, 2.75) is 6.61 Å². The lowest BCUT2D eigenvalue weighted by Crippen LogP contribution is -2.08. The molecule has 2 rings (SSSR count). The van der Waals surface area contributed by atoms with Gasteiger partial charge >= 0.3 is 0 Å². The van der Waals surface area contributed by atoms with Gasteiger partial charge in [-0.3, -0.25) is 4.79 Å². The number of nitrogens with one attached hydrogen (secondary N) is 1. The van der Waals surface area contributed by atoms with E-state index < -0.39 is 0 Å². The molecule has 1 aromatic heterocycles. The van der Waals surface area contributed by atoms with Gasteiger partial charge in [0.15, 0.2) is 0 Å². The van der Waals surface area contributed by atoms with Gasteiger partial charge in [-0.05, 0) is 24.3 Å². The molecule has 0 bridgehead atoms. The van der Waals surface area contributed by atoms with Gasteiger partial charge < -0.3 is 4.74 Å². The van der Waals surface area contributed by atoms with Gasteiger partial charge in [-0.15, -0.1) is 0 Å². The van der Waals surface area contributed by atoms with Gasteiger partial charge in [-0.2, -0.15) is 5.10 Å². The van der Waals surface area contributed by atoms with Crippen LogP contribution in [0.3, 0.4) is 0 Å². The van der Waals surface area contributed by atoms with E-state index in [9.17, 15) is 4.79 Å². The molecule has 0 radical (unpaired) electrons. The van der Waals surface area contributed by atoms with E-state index in [-0.39, 0.29) is 5.56 Å². The second-order valence-electron chi connectivity index (χ2n) is 3.20. The molecule has 1 N–H and O–H groups in total. The van der Waals surface area contributed by atoms with E-state index >= 15 is 0 Å². The zero-order valence-corrected chi connectivity index (χ0v) is 9.07. The van der Waals surface area contributed by atoms with Crippen LogP contribution < -0.4 is 10.3 Å². The van der Waals surface area contributed by atoms with E-state index in [0.29, 0.717) is 17.4 Å². The Morgan fingerprint density at radius 2 is 2.06 bits per heavy atom. The Hall–Kier alpha value is -1.81. The highest BCUT2D eigenvalue weighted by Gasteiger charge is 1.97. The van der Waals surface area contributed by atoms with Crippen molar-refractivity contribution in [2.75, 3.05) is 0 Å². The molecule has 0 aliphatic carbocycles. The SMILES string of the molecule is O=c1cc(COc2ccc(Cl)cc2)cn[nH]1. The standard InChI is InChI=1S/C11H9ClN2O2/c12-9-1-3-10(4-2-9)16-7-8-5-11(15)14-13-6-8/h1-6H,7H2,(H,14,15). The van der Waals surface area contributed by atoms with Crippen LogP contribution in [0, 0.1) is 0 Å². The third-order valence-electron chi connectivity index (χ3n) is 1.94. The Labute approximate surface area is 96.8 Å². The van der Waals surface area contributed by atoms with Crippen LogP contribution in [0.1, 0.15) is 5.56 Å². The van der Waals surface area contributed by atoms with Crippen molar-refractivity contribution in [3.8, 4) is 5.75 Å². The molecule has 0 saturated heterocycles. The monoisotopic (exact) mass is 236 g/mol. The van der Waals surface area contributed by atoms with Gasteiger partial charge in [0.25, 0.3) is 5.56 Å². The van der Waals surface area contributed by atoms with Gasteiger partial charge in [0, 0.05) is 16.7 Å². The summed E-state index contributed by atoms with van der Waals surface area (Å²) < 4.78 is 5.45. The smallest absolute Gasteiger partial charge is 0.264 e. The summed E-state index contributed by atoms with van der Waals surface area (Å²) in [5, 5.41) is 6.63. The Balaban J connectivity index is 2.02. The number of nitrogens with zero attached hydrogens (tertiary/aromatic N) is 1. The quantitative estimate of drug-likeness (QED) is 0.887. The van der Waals surface area contributed by atoms with E-state index in [4.69, 9.17) is 16.3 Å². The average molecular weight is 237 g/mol. The zero-order chi connectivity index (χ0) is 11.4. The number of hydrogen-bond donors (Lipinski definition) is 1. The minimum Gasteiger partial charge on any atom is -0.489 e. The van der Waals surface area contributed by atoms with Crippen molar-refractivity contribution in [1.82, 2.24) is 10.2 Å². The normalized spacial score (nSPS) is 10.1. The summed E-state index contributed by atoms with van der Waals surface area (Å²) in [5.74, 6) is 0.699. The average Bonchev–Trinajstić information content (AvgIpc) is 2.28. The van der Waals surface area contributed by atoms with E-state index in [0.717, 1.165) is 5.56 Å². The molecule has 0 aliphatic rings. The van der Waals surface area contributed by atoms with Crippen LogP contribution in [-0.2, 0) is 6.61 Å². The number of aromatic amines is 1. The Kier molecular flexibility index (Phi) is 3.22. The third kappa shape index (κ3) is 2.84. The lowest BCUT2D eigenvalue weighted by molar-refractivity contribution is 0.305. The predicted octanol–water partition coefficient (Wildman–Crippen LogP) is 2.00. The first-order valence-electron chi connectivity index (χ1n) is 4.66. The van der Waals surface area contributed by atoms with Crippen molar-refractivity contribution in [3.05, 3.63) is 57.5 Å². The summed E-state index contributed by atoms with van der Waals surface area (Å²) in [6.07, 6.45) is 1.55. The van der Waals surface area contributed by atoms with Gasteiger partial charge in [0.05, 0.1) is 6.20 Å². The summed E-state index contributed by atoms with van der Waals surface area (Å²) in [6.45, 7) is 0.304. The van der Waals surface area contributed by atoms with Crippen molar-refractivity contribution in [3.63, 3.8) is 0 Å². The molecule has 2 aromatic rings. The fourth-order valence-electron chi connectivity index (χ4n) is 1.19. The molecule has 0 fully saturated rings. The lowest BCUT2D eigenvalue weighted by atomic mass is 10.3. The topological polar surface area (TPSA) is 55.0 Å². The first-order chi connectivity index (χ1) is 7.74. The van der Waals surface area contributed by atoms with Gasteiger partial charge in [0.1, 0.15) is 12.4 Å². The molecule has 1 aromatic carbocycles. The first kappa shape index (κ1) is 10.7. The minimum atomic E-state index is -0.239. The second kappa shape index (κ2) is 4.81. The molecular weight excluding hydrogens is 228 g/mol. The van der Waals surface area contributed by atoms with Crippen LogP contribution in [-0.4, -0.2) is 10.2 Å². The summed E-state index contributed by atoms with van der Waals surface area (Å²) >= 11 is 5.74. The maximum absolute atomic E-state index is 11.0. The number of hydrogen-bond acceptors (Lipinski definition) is 3. The first-order valence-corrected chi connectivity index (χ1v) is 5.04. The summed E-state index contributed by atoms with van der Waals surface area (Å²) in [6, 6.07) is 8.47. The fourth-order valence-corrected chi connectivity index (χ4v) is 1.32. The van der Waals surface area contributed by atoms with Crippen molar-refractivity contribution in [2.24, 2.45) is 0 Å². The molecule has 0 atom stereocenters. The van der Waals surface area contributed by atoms with E-state index in [1.165, 1.54) is 6.07 Å². The summed E-state index contributed by atoms with van der Waals surface area (Å²) in [7, 11) is 0. The minimum absolute atomic E-state index is 0.239. The van der Waals surface area contributed by atoms with E-state index in [2.05, 4.69) is 10.2 Å². The van der Waals surface area contributed by atoms with Crippen molar-refractivity contribution in [1.29, 1.82) is 0 Å². The summed E-state index contributed by atoms with van der Waals surface area (Å²) in [4.78, 5) is 11.0. The number of H-pyrrole nitrogens is 1. The zero-order valence-electron chi connectivity index (χ0n) is 8.31. The van der Waals surface area contributed by atoms with Crippen LogP contribution in [0.4, 0.5) is 0 Å².